The van der Waals surface area contributed by atoms with Gasteiger partial charge in [-0.2, -0.15) is 0 Å². The number of aliphatic carboxylic acids is 1. The summed E-state index contributed by atoms with van der Waals surface area (Å²) in [5.41, 5.74) is 0. The van der Waals surface area contributed by atoms with Crippen LogP contribution in [0.1, 0.15) is 13.3 Å². The number of rotatable bonds is 7. The Hall–Kier alpha value is -1.30. The van der Waals surface area contributed by atoms with Crippen LogP contribution in [-0.2, 0) is 9.53 Å². The smallest absolute Gasteiger partial charge is 0.317 e. The minimum Gasteiger partial charge on any atom is -0.481 e. The van der Waals surface area contributed by atoms with Crippen LogP contribution in [-0.4, -0.2) is 55.4 Å². The van der Waals surface area contributed by atoms with Crippen LogP contribution in [0.2, 0.25) is 0 Å². The van der Waals surface area contributed by atoms with Gasteiger partial charge in [-0.1, -0.05) is 0 Å². The lowest BCUT2D eigenvalue weighted by Crippen LogP contribution is -2.42. The standard InChI is InChI=1S/C9H18N2O4/c1-3-11(6-4-8(12)13)9(14)10-5-7-15-2/h3-7H2,1-2H3,(H,10,14)(H,12,13). The first-order valence-corrected chi connectivity index (χ1v) is 4.85. The summed E-state index contributed by atoms with van der Waals surface area (Å²) in [6.45, 7) is 3.40. The number of hydrogen-bond donors (Lipinski definition) is 2. The van der Waals surface area contributed by atoms with Crippen molar-refractivity contribution in [1.82, 2.24) is 10.2 Å². The lowest BCUT2D eigenvalue weighted by atomic mass is 10.4. The van der Waals surface area contributed by atoms with E-state index in [1.165, 1.54) is 4.90 Å². The Bertz CT molecular complexity index is 208. The number of urea groups is 1. The average Bonchev–Trinajstić information content (AvgIpc) is 2.18. The van der Waals surface area contributed by atoms with Gasteiger partial charge < -0.3 is 20.1 Å². The van der Waals surface area contributed by atoms with Crippen molar-refractivity contribution in [3.63, 3.8) is 0 Å². The highest BCUT2D eigenvalue weighted by molar-refractivity contribution is 5.75. The fourth-order valence-corrected chi connectivity index (χ4v) is 1.01. The zero-order valence-electron chi connectivity index (χ0n) is 9.15. The fraction of sp³-hybridized carbons (Fsp3) is 0.778. The van der Waals surface area contributed by atoms with E-state index in [9.17, 15) is 9.59 Å². The van der Waals surface area contributed by atoms with Crippen molar-refractivity contribution in [1.29, 1.82) is 0 Å². The zero-order chi connectivity index (χ0) is 11.7. The molecule has 0 aromatic heterocycles. The molecule has 0 fully saturated rings. The van der Waals surface area contributed by atoms with Crippen molar-refractivity contribution in [2.45, 2.75) is 13.3 Å². The fourth-order valence-electron chi connectivity index (χ4n) is 1.01. The van der Waals surface area contributed by atoms with E-state index >= 15 is 0 Å². The van der Waals surface area contributed by atoms with E-state index in [0.717, 1.165) is 0 Å². The Morgan fingerprint density at radius 3 is 2.60 bits per heavy atom. The highest BCUT2D eigenvalue weighted by atomic mass is 16.5. The summed E-state index contributed by atoms with van der Waals surface area (Å²) in [5.74, 6) is -0.904. The highest BCUT2D eigenvalue weighted by Crippen LogP contribution is 1.92. The van der Waals surface area contributed by atoms with E-state index in [0.29, 0.717) is 19.7 Å². The van der Waals surface area contributed by atoms with E-state index in [2.05, 4.69) is 5.32 Å². The topological polar surface area (TPSA) is 78.9 Å². The Morgan fingerprint density at radius 2 is 2.13 bits per heavy atom. The van der Waals surface area contributed by atoms with Gasteiger partial charge in [0.05, 0.1) is 13.0 Å². The molecule has 0 bridgehead atoms. The third kappa shape index (κ3) is 6.73. The maximum Gasteiger partial charge on any atom is 0.317 e. The Labute approximate surface area is 89.2 Å². The average molecular weight is 218 g/mol. The van der Waals surface area contributed by atoms with Crippen molar-refractivity contribution in [3.05, 3.63) is 0 Å². The quantitative estimate of drug-likeness (QED) is 0.596. The second-order valence-corrected chi connectivity index (χ2v) is 2.95. The zero-order valence-corrected chi connectivity index (χ0v) is 9.15. The first kappa shape index (κ1) is 13.7. The van der Waals surface area contributed by atoms with Crippen molar-refractivity contribution >= 4 is 12.0 Å². The minimum absolute atomic E-state index is 0.0362. The van der Waals surface area contributed by atoms with Crippen LogP contribution in [0.3, 0.4) is 0 Å². The lowest BCUT2D eigenvalue weighted by Gasteiger charge is -2.20. The van der Waals surface area contributed by atoms with Crippen LogP contribution in [0.4, 0.5) is 4.79 Å². The van der Waals surface area contributed by atoms with Crippen LogP contribution in [0.5, 0.6) is 0 Å². The number of carboxylic acid groups (broad SMARTS) is 1. The number of nitrogens with one attached hydrogen (secondary N) is 1. The molecule has 0 atom stereocenters. The summed E-state index contributed by atoms with van der Waals surface area (Å²) in [4.78, 5) is 23.2. The van der Waals surface area contributed by atoms with Gasteiger partial charge in [0, 0.05) is 26.7 Å². The maximum atomic E-state index is 11.4. The van der Waals surface area contributed by atoms with E-state index in [1.807, 2.05) is 0 Å². The number of hydrogen-bond acceptors (Lipinski definition) is 3. The third-order valence-electron chi connectivity index (χ3n) is 1.85. The molecule has 0 unspecified atom stereocenters. The SMILES string of the molecule is CCN(CCC(=O)O)C(=O)NCCOC. The summed E-state index contributed by atoms with van der Waals surface area (Å²) in [5, 5.41) is 11.1. The summed E-state index contributed by atoms with van der Waals surface area (Å²) in [7, 11) is 1.55. The first-order chi connectivity index (χ1) is 7.11. The summed E-state index contributed by atoms with van der Waals surface area (Å²) < 4.78 is 4.78. The van der Waals surface area contributed by atoms with E-state index in [1.54, 1.807) is 14.0 Å². The van der Waals surface area contributed by atoms with Crippen molar-refractivity contribution in [2.75, 3.05) is 33.4 Å². The van der Waals surface area contributed by atoms with Crippen molar-refractivity contribution in [2.24, 2.45) is 0 Å². The van der Waals surface area contributed by atoms with Gasteiger partial charge in [-0.05, 0) is 6.92 Å². The van der Waals surface area contributed by atoms with Crippen LogP contribution in [0.15, 0.2) is 0 Å². The predicted octanol–water partition coefficient (Wildman–Crippen LogP) is 0.139. The molecule has 6 heteroatoms. The highest BCUT2D eigenvalue weighted by Gasteiger charge is 2.11. The Morgan fingerprint density at radius 1 is 1.47 bits per heavy atom. The summed E-state index contributed by atoms with van der Waals surface area (Å²) in [6.07, 6.45) is -0.0362. The molecular weight excluding hydrogens is 200 g/mol. The Balaban J connectivity index is 3.82. The van der Waals surface area contributed by atoms with Gasteiger partial charge >= 0.3 is 12.0 Å². The molecule has 6 nitrogen and oxygen atoms in total. The molecule has 0 heterocycles. The molecule has 0 saturated carbocycles. The minimum atomic E-state index is -0.904. The van der Waals surface area contributed by atoms with Gasteiger partial charge in [-0.3, -0.25) is 4.79 Å². The molecule has 2 amide bonds. The third-order valence-corrected chi connectivity index (χ3v) is 1.85. The molecule has 15 heavy (non-hydrogen) atoms. The van der Waals surface area contributed by atoms with Crippen molar-refractivity contribution < 1.29 is 19.4 Å². The number of carboxylic acids is 1. The molecule has 0 aliphatic heterocycles. The van der Waals surface area contributed by atoms with E-state index in [-0.39, 0.29) is 19.0 Å². The predicted molar refractivity (Wildman–Crippen MR) is 54.8 cm³/mol. The molecule has 0 spiro atoms. The van der Waals surface area contributed by atoms with Crippen LogP contribution in [0, 0.1) is 0 Å². The first-order valence-electron chi connectivity index (χ1n) is 4.85. The maximum absolute atomic E-state index is 11.4. The molecule has 0 aromatic rings. The second-order valence-electron chi connectivity index (χ2n) is 2.95. The molecule has 0 aliphatic rings. The second kappa shape index (κ2) is 8.05. The lowest BCUT2D eigenvalue weighted by molar-refractivity contribution is -0.137. The number of amides is 2. The molecule has 0 rings (SSSR count). The number of carbonyl (C=O) groups excluding carboxylic acids is 1. The molecule has 0 aliphatic carbocycles. The number of nitrogens with zero attached hydrogens (tertiary/aromatic N) is 1. The van der Waals surface area contributed by atoms with Crippen LogP contribution < -0.4 is 5.32 Å². The molecule has 0 saturated heterocycles. The largest absolute Gasteiger partial charge is 0.481 e. The van der Waals surface area contributed by atoms with Crippen molar-refractivity contribution in [3.8, 4) is 0 Å². The summed E-state index contributed by atoms with van der Waals surface area (Å²) in [6, 6.07) is -0.254. The monoisotopic (exact) mass is 218 g/mol. The molecular formula is C9H18N2O4. The van der Waals surface area contributed by atoms with Gasteiger partial charge in [-0.25, -0.2) is 4.79 Å². The number of carbonyl (C=O) groups is 2. The van der Waals surface area contributed by atoms with Crippen LogP contribution in [0.25, 0.3) is 0 Å². The Kier molecular flexibility index (Phi) is 7.35. The van der Waals surface area contributed by atoms with Gasteiger partial charge in [0.25, 0.3) is 0 Å². The van der Waals surface area contributed by atoms with Gasteiger partial charge in [-0.15, -0.1) is 0 Å². The van der Waals surface area contributed by atoms with Crippen LogP contribution >= 0.6 is 0 Å². The molecule has 0 aromatic carbocycles. The number of ether oxygens (including phenoxy) is 1. The van der Waals surface area contributed by atoms with Gasteiger partial charge in [0.2, 0.25) is 0 Å². The molecule has 2 N–H and O–H groups in total. The molecule has 88 valence electrons. The van der Waals surface area contributed by atoms with E-state index in [4.69, 9.17) is 9.84 Å². The van der Waals surface area contributed by atoms with E-state index < -0.39 is 5.97 Å². The van der Waals surface area contributed by atoms with Gasteiger partial charge in [0.15, 0.2) is 0 Å². The summed E-state index contributed by atoms with van der Waals surface area (Å²) >= 11 is 0. The molecule has 0 radical (unpaired) electrons. The normalized spacial score (nSPS) is 9.73. The van der Waals surface area contributed by atoms with Gasteiger partial charge in [0.1, 0.15) is 0 Å². The number of methoxy groups -OCH3 is 1.